The fourth-order valence-corrected chi connectivity index (χ4v) is 2.82. The van der Waals surface area contributed by atoms with Gasteiger partial charge in [0.25, 0.3) is 0 Å². The van der Waals surface area contributed by atoms with Crippen molar-refractivity contribution in [1.29, 1.82) is 0 Å². The summed E-state index contributed by atoms with van der Waals surface area (Å²) in [5, 5.41) is 2.93. The Morgan fingerprint density at radius 3 is 2.53 bits per heavy atom. The van der Waals surface area contributed by atoms with E-state index in [2.05, 4.69) is 19.2 Å². The normalized spacial score (nSPS) is 23.6. The van der Waals surface area contributed by atoms with Crippen LogP contribution in [0.5, 0.6) is 0 Å². The summed E-state index contributed by atoms with van der Waals surface area (Å²) < 4.78 is 0. The molecule has 96 valence electrons. The molecule has 1 spiro atoms. The Labute approximate surface area is 103 Å². The van der Waals surface area contributed by atoms with E-state index in [0.717, 1.165) is 32.1 Å². The zero-order chi connectivity index (χ0) is 12.5. The van der Waals surface area contributed by atoms with E-state index in [1.54, 1.807) is 4.90 Å². The highest BCUT2D eigenvalue weighted by Gasteiger charge is 2.47. The molecule has 0 aromatic carbocycles. The molecule has 0 radical (unpaired) electrons. The minimum absolute atomic E-state index is 0.00950. The van der Waals surface area contributed by atoms with E-state index < -0.39 is 5.54 Å². The van der Waals surface area contributed by atoms with Crippen LogP contribution in [0.25, 0.3) is 0 Å². The smallest absolute Gasteiger partial charge is 0.248 e. The van der Waals surface area contributed by atoms with E-state index in [9.17, 15) is 9.59 Å². The van der Waals surface area contributed by atoms with Crippen molar-refractivity contribution in [3.05, 3.63) is 0 Å². The molecule has 2 fully saturated rings. The maximum Gasteiger partial charge on any atom is 0.248 e. The summed E-state index contributed by atoms with van der Waals surface area (Å²) in [6, 6.07) is 0. The van der Waals surface area contributed by atoms with Crippen LogP contribution in [0.2, 0.25) is 0 Å². The Balaban J connectivity index is 2.06. The van der Waals surface area contributed by atoms with Crippen LogP contribution in [0.4, 0.5) is 0 Å². The monoisotopic (exact) mass is 238 g/mol. The van der Waals surface area contributed by atoms with Crippen molar-refractivity contribution in [2.45, 2.75) is 51.5 Å². The van der Waals surface area contributed by atoms with E-state index in [0.29, 0.717) is 12.5 Å². The quantitative estimate of drug-likeness (QED) is 0.805. The maximum absolute atomic E-state index is 12.4. The summed E-state index contributed by atoms with van der Waals surface area (Å²) >= 11 is 0. The van der Waals surface area contributed by atoms with Crippen LogP contribution in [0, 0.1) is 5.92 Å². The lowest BCUT2D eigenvalue weighted by atomic mass is 9.92. The summed E-state index contributed by atoms with van der Waals surface area (Å²) in [6.07, 6.45) is 4.69. The molecule has 1 saturated carbocycles. The van der Waals surface area contributed by atoms with Crippen molar-refractivity contribution in [3.8, 4) is 0 Å². The summed E-state index contributed by atoms with van der Waals surface area (Å²) in [7, 11) is 0. The van der Waals surface area contributed by atoms with Crippen molar-refractivity contribution in [2.24, 2.45) is 5.92 Å². The Morgan fingerprint density at radius 1 is 1.29 bits per heavy atom. The van der Waals surface area contributed by atoms with Gasteiger partial charge in [0.2, 0.25) is 11.8 Å². The van der Waals surface area contributed by atoms with Crippen LogP contribution in [0.15, 0.2) is 0 Å². The Hall–Kier alpha value is -1.06. The molecule has 2 rings (SSSR count). The zero-order valence-corrected chi connectivity index (χ0v) is 10.8. The average molecular weight is 238 g/mol. The fourth-order valence-electron chi connectivity index (χ4n) is 2.82. The molecule has 4 nitrogen and oxygen atoms in total. The number of carbonyl (C=O) groups excluding carboxylic acids is 2. The predicted octanol–water partition coefficient (Wildman–Crippen LogP) is 1.30. The molecule has 2 amide bonds. The second-order valence-electron chi connectivity index (χ2n) is 5.75. The summed E-state index contributed by atoms with van der Waals surface area (Å²) in [5.74, 6) is 0.720. The molecule has 1 aliphatic heterocycles. The van der Waals surface area contributed by atoms with Gasteiger partial charge in [-0.25, -0.2) is 0 Å². The van der Waals surface area contributed by atoms with Gasteiger partial charge in [0.15, 0.2) is 0 Å². The highest BCUT2D eigenvalue weighted by molar-refractivity contribution is 5.98. The van der Waals surface area contributed by atoms with Gasteiger partial charge in [-0.15, -0.1) is 0 Å². The summed E-state index contributed by atoms with van der Waals surface area (Å²) in [5.41, 5.74) is -0.549. The van der Waals surface area contributed by atoms with Crippen molar-refractivity contribution in [3.63, 3.8) is 0 Å². The number of nitrogens with zero attached hydrogens (tertiary/aromatic N) is 1. The molecule has 4 heteroatoms. The lowest BCUT2D eigenvalue weighted by Crippen LogP contribution is -2.65. The first-order valence-electron chi connectivity index (χ1n) is 6.64. The van der Waals surface area contributed by atoms with E-state index in [1.807, 2.05) is 0 Å². The van der Waals surface area contributed by atoms with Crippen molar-refractivity contribution < 1.29 is 9.59 Å². The van der Waals surface area contributed by atoms with Crippen LogP contribution in [0.3, 0.4) is 0 Å². The third-order valence-corrected chi connectivity index (χ3v) is 3.84. The van der Waals surface area contributed by atoms with Crippen LogP contribution >= 0.6 is 0 Å². The zero-order valence-electron chi connectivity index (χ0n) is 10.8. The molecule has 1 aliphatic carbocycles. The van der Waals surface area contributed by atoms with Gasteiger partial charge in [-0.1, -0.05) is 26.7 Å². The lowest BCUT2D eigenvalue weighted by Gasteiger charge is -2.40. The van der Waals surface area contributed by atoms with Gasteiger partial charge in [0, 0.05) is 6.54 Å². The highest BCUT2D eigenvalue weighted by atomic mass is 16.2. The second-order valence-corrected chi connectivity index (χ2v) is 5.75. The van der Waals surface area contributed by atoms with Gasteiger partial charge in [-0.2, -0.15) is 0 Å². The van der Waals surface area contributed by atoms with Crippen LogP contribution in [0.1, 0.15) is 46.0 Å². The van der Waals surface area contributed by atoms with E-state index in [1.165, 1.54) is 0 Å². The minimum atomic E-state index is -0.549. The molecule has 0 atom stereocenters. The first kappa shape index (κ1) is 12.4. The summed E-state index contributed by atoms with van der Waals surface area (Å²) in [4.78, 5) is 25.9. The average Bonchev–Trinajstić information content (AvgIpc) is 2.71. The molecule has 1 saturated heterocycles. The Bertz CT molecular complexity index is 319. The molecule has 0 aromatic rings. The maximum atomic E-state index is 12.4. The third kappa shape index (κ3) is 2.45. The molecule has 2 aliphatic rings. The predicted molar refractivity (Wildman–Crippen MR) is 65.4 cm³/mol. The molecule has 1 N–H and O–H groups in total. The molecular weight excluding hydrogens is 216 g/mol. The number of hydrogen-bond acceptors (Lipinski definition) is 2. The van der Waals surface area contributed by atoms with E-state index in [4.69, 9.17) is 0 Å². The Kier molecular flexibility index (Phi) is 3.40. The lowest BCUT2D eigenvalue weighted by molar-refractivity contribution is -0.149. The number of rotatable bonds is 3. The van der Waals surface area contributed by atoms with Gasteiger partial charge >= 0.3 is 0 Å². The first-order valence-corrected chi connectivity index (χ1v) is 6.64. The molecule has 1 heterocycles. The van der Waals surface area contributed by atoms with Gasteiger partial charge in [-0.3, -0.25) is 9.59 Å². The molecule has 0 aromatic heterocycles. The standard InChI is InChI=1S/C13H22N2O2/c1-10(2)5-8-15-9-11(16)14-13(12(15)17)6-3-4-7-13/h10H,3-9H2,1-2H3,(H,14,16). The molecule has 0 bridgehead atoms. The van der Waals surface area contributed by atoms with Crippen molar-refractivity contribution >= 4 is 11.8 Å². The largest absolute Gasteiger partial charge is 0.340 e. The summed E-state index contributed by atoms with van der Waals surface area (Å²) in [6.45, 7) is 5.23. The number of hydrogen-bond donors (Lipinski definition) is 1. The Morgan fingerprint density at radius 2 is 1.94 bits per heavy atom. The van der Waals surface area contributed by atoms with E-state index in [-0.39, 0.29) is 18.4 Å². The second kappa shape index (κ2) is 4.67. The van der Waals surface area contributed by atoms with E-state index >= 15 is 0 Å². The number of carbonyl (C=O) groups is 2. The topological polar surface area (TPSA) is 49.4 Å². The third-order valence-electron chi connectivity index (χ3n) is 3.84. The van der Waals surface area contributed by atoms with Crippen LogP contribution in [-0.2, 0) is 9.59 Å². The fraction of sp³-hybridized carbons (Fsp3) is 0.846. The van der Waals surface area contributed by atoms with Gasteiger partial charge in [-0.05, 0) is 25.2 Å². The van der Waals surface area contributed by atoms with Gasteiger partial charge in [0.1, 0.15) is 5.54 Å². The van der Waals surface area contributed by atoms with Crippen molar-refractivity contribution in [1.82, 2.24) is 10.2 Å². The number of amides is 2. The van der Waals surface area contributed by atoms with Crippen LogP contribution in [-0.4, -0.2) is 35.3 Å². The van der Waals surface area contributed by atoms with Crippen LogP contribution < -0.4 is 5.32 Å². The molecule has 17 heavy (non-hydrogen) atoms. The minimum Gasteiger partial charge on any atom is -0.340 e. The van der Waals surface area contributed by atoms with Gasteiger partial charge in [0.05, 0.1) is 6.54 Å². The van der Waals surface area contributed by atoms with Gasteiger partial charge < -0.3 is 10.2 Å². The first-order chi connectivity index (χ1) is 8.03. The molecular formula is C13H22N2O2. The SMILES string of the molecule is CC(C)CCN1CC(=O)NC2(CCCC2)C1=O. The number of nitrogens with one attached hydrogen (secondary N) is 1. The molecule has 0 unspecified atom stereocenters. The number of piperazine rings is 1. The highest BCUT2D eigenvalue weighted by Crippen LogP contribution is 2.33. The van der Waals surface area contributed by atoms with Crippen molar-refractivity contribution in [2.75, 3.05) is 13.1 Å².